The zero-order valence-electron chi connectivity index (χ0n) is 16.9. The average molecular weight is 403 g/mol. The zero-order valence-corrected chi connectivity index (χ0v) is 16.9. The van der Waals surface area contributed by atoms with E-state index in [9.17, 15) is 9.59 Å². The van der Waals surface area contributed by atoms with E-state index in [1.807, 2.05) is 0 Å². The van der Waals surface area contributed by atoms with Gasteiger partial charge in [0.25, 0.3) is 5.91 Å². The normalized spacial score (nSPS) is 10.1. The van der Waals surface area contributed by atoms with Crippen molar-refractivity contribution in [1.29, 1.82) is 0 Å². The molecule has 0 saturated carbocycles. The summed E-state index contributed by atoms with van der Waals surface area (Å²) in [6, 6.07) is 10.5. The second-order valence-electron chi connectivity index (χ2n) is 5.94. The lowest BCUT2D eigenvalue weighted by molar-refractivity contribution is -0.147. The third-order valence-corrected chi connectivity index (χ3v) is 4.09. The minimum Gasteiger partial charge on any atom is -0.495 e. The van der Waals surface area contributed by atoms with Crippen LogP contribution in [0.25, 0.3) is 0 Å². The third-order valence-electron chi connectivity index (χ3n) is 4.09. The maximum absolute atomic E-state index is 12.0. The number of ether oxygens (including phenoxy) is 5. The molecule has 0 bridgehead atoms. The molecular weight excluding hydrogens is 378 g/mol. The quantitative estimate of drug-likeness (QED) is 0.610. The van der Waals surface area contributed by atoms with Gasteiger partial charge in [0.1, 0.15) is 5.75 Å². The number of nitrogens with one attached hydrogen (secondary N) is 1. The first-order valence-corrected chi connectivity index (χ1v) is 8.89. The molecule has 1 amide bonds. The monoisotopic (exact) mass is 403 g/mol. The number of esters is 1. The fraction of sp³-hybridized carbons (Fsp3) is 0.333. The van der Waals surface area contributed by atoms with Crippen LogP contribution in [-0.2, 0) is 20.7 Å². The highest BCUT2D eigenvalue weighted by atomic mass is 16.5. The second-order valence-corrected chi connectivity index (χ2v) is 5.94. The number of amides is 1. The molecule has 0 aliphatic heterocycles. The van der Waals surface area contributed by atoms with E-state index in [0.717, 1.165) is 5.56 Å². The number of rotatable bonds is 10. The molecule has 8 nitrogen and oxygen atoms in total. The summed E-state index contributed by atoms with van der Waals surface area (Å²) in [7, 11) is 6.08. The van der Waals surface area contributed by atoms with Crippen LogP contribution in [0, 0.1) is 0 Å². The van der Waals surface area contributed by atoms with E-state index in [2.05, 4.69) is 5.32 Å². The van der Waals surface area contributed by atoms with Crippen molar-refractivity contribution < 1.29 is 33.3 Å². The summed E-state index contributed by atoms with van der Waals surface area (Å²) < 4.78 is 26.1. The molecule has 0 radical (unpaired) electrons. The minimum atomic E-state index is -0.492. The van der Waals surface area contributed by atoms with E-state index < -0.39 is 11.9 Å². The Morgan fingerprint density at radius 2 is 1.48 bits per heavy atom. The van der Waals surface area contributed by atoms with Crippen LogP contribution < -0.4 is 24.3 Å². The molecule has 0 spiro atoms. The molecule has 0 fully saturated rings. The van der Waals surface area contributed by atoms with Crippen LogP contribution in [-0.4, -0.2) is 46.9 Å². The molecule has 2 aromatic carbocycles. The molecular formula is C21H25NO7. The number of benzene rings is 2. The van der Waals surface area contributed by atoms with Gasteiger partial charge in [0.2, 0.25) is 5.75 Å². The van der Waals surface area contributed by atoms with Gasteiger partial charge in [-0.2, -0.15) is 0 Å². The average Bonchev–Trinajstić information content (AvgIpc) is 2.75. The van der Waals surface area contributed by atoms with Gasteiger partial charge >= 0.3 is 5.97 Å². The third kappa shape index (κ3) is 6.03. The number of anilines is 1. The molecule has 0 aliphatic carbocycles. The highest BCUT2D eigenvalue weighted by Gasteiger charge is 2.15. The topological polar surface area (TPSA) is 92.3 Å². The van der Waals surface area contributed by atoms with E-state index in [1.165, 1.54) is 28.4 Å². The predicted molar refractivity (Wildman–Crippen MR) is 107 cm³/mol. The van der Waals surface area contributed by atoms with Crippen molar-refractivity contribution in [2.75, 3.05) is 40.4 Å². The van der Waals surface area contributed by atoms with Crippen LogP contribution in [0.15, 0.2) is 36.4 Å². The predicted octanol–water partition coefficient (Wildman–Crippen LogP) is 2.84. The molecule has 0 unspecified atom stereocenters. The highest BCUT2D eigenvalue weighted by Crippen LogP contribution is 2.38. The Morgan fingerprint density at radius 3 is 2.07 bits per heavy atom. The number of carbonyl (C=O) groups excluding carboxylic acids is 2. The molecule has 1 N–H and O–H groups in total. The Labute approximate surface area is 169 Å². The van der Waals surface area contributed by atoms with Gasteiger partial charge in [-0.25, -0.2) is 0 Å². The fourth-order valence-corrected chi connectivity index (χ4v) is 2.68. The summed E-state index contributed by atoms with van der Waals surface area (Å²) in [5.41, 5.74) is 1.32. The van der Waals surface area contributed by atoms with Crippen molar-refractivity contribution in [2.24, 2.45) is 0 Å². The van der Waals surface area contributed by atoms with E-state index in [-0.39, 0.29) is 13.0 Å². The van der Waals surface area contributed by atoms with Crippen molar-refractivity contribution >= 4 is 17.6 Å². The van der Waals surface area contributed by atoms with Crippen LogP contribution >= 0.6 is 0 Å². The number of carbonyl (C=O) groups is 2. The van der Waals surface area contributed by atoms with Crippen molar-refractivity contribution in [3.05, 3.63) is 42.0 Å². The zero-order chi connectivity index (χ0) is 21.2. The van der Waals surface area contributed by atoms with Gasteiger partial charge in [-0.15, -0.1) is 0 Å². The Kier molecular flexibility index (Phi) is 8.14. The summed E-state index contributed by atoms with van der Waals surface area (Å²) in [5.74, 6) is 1.08. The van der Waals surface area contributed by atoms with Crippen molar-refractivity contribution in [3.63, 3.8) is 0 Å². The van der Waals surface area contributed by atoms with Crippen LogP contribution in [0.2, 0.25) is 0 Å². The molecule has 8 heteroatoms. The van der Waals surface area contributed by atoms with E-state index >= 15 is 0 Å². The first-order valence-electron chi connectivity index (χ1n) is 8.89. The van der Waals surface area contributed by atoms with Gasteiger partial charge in [-0.05, 0) is 36.2 Å². The fourth-order valence-electron chi connectivity index (χ4n) is 2.68. The summed E-state index contributed by atoms with van der Waals surface area (Å²) in [6.45, 7) is -0.383. The van der Waals surface area contributed by atoms with Gasteiger partial charge in [-0.1, -0.05) is 12.1 Å². The summed E-state index contributed by atoms with van der Waals surface area (Å²) in [5, 5.41) is 2.65. The van der Waals surface area contributed by atoms with Crippen molar-refractivity contribution in [1.82, 2.24) is 0 Å². The maximum Gasteiger partial charge on any atom is 0.306 e. The number of hydrogen-bond acceptors (Lipinski definition) is 7. The van der Waals surface area contributed by atoms with Crippen molar-refractivity contribution in [3.8, 4) is 23.0 Å². The summed E-state index contributed by atoms with van der Waals surface area (Å²) in [6.07, 6.45) is 0.490. The van der Waals surface area contributed by atoms with Gasteiger partial charge in [0.15, 0.2) is 18.1 Å². The Morgan fingerprint density at radius 1 is 0.862 bits per heavy atom. The van der Waals surface area contributed by atoms with Crippen molar-refractivity contribution in [2.45, 2.75) is 12.8 Å². The standard InChI is InChI=1S/C21H25NO7/c1-25-16-8-6-5-7-15(16)22-19(23)13-29-20(24)10-9-14-11-17(26-2)21(28-4)18(12-14)27-3/h5-8,11-12H,9-10,13H2,1-4H3,(H,22,23). The second kappa shape index (κ2) is 10.8. The summed E-state index contributed by atoms with van der Waals surface area (Å²) >= 11 is 0. The molecule has 2 rings (SSSR count). The molecule has 0 saturated heterocycles. The van der Waals surface area contributed by atoms with Gasteiger partial charge in [0, 0.05) is 6.42 Å². The SMILES string of the molecule is COc1ccccc1NC(=O)COC(=O)CCc1cc(OC)c(OC)c(OC)c1. The van der Waals surface area contributed by atoms with Crippen LogP contribution in [0.4, 0.5) is 5.69 Å². The Bertz CT molecular complexity index is 826. The number of aryl methyl sites for hydroxylation is 1. The van der Waals surface area contributed by atoms with Gasteiger partial charge in [0.05, 0.1) is 34.1 Å². The van der Waals surface area contributed by atoms with Gasteiger partial charge < -0.3 is 29.0 Å². The highest BCUT2D eigenvalue weighted by molar-refractivity contribution is 5.94. The minimum absolute atomic E-state index is 0.0978. The largest absolute Gasteiger partial charge is 0.495 e. The van der Waals surface area contributed by atoms with E-state index in [1.54, 1.807) is 36.4 Å². The molecule has 0 atom stereocenters. The Hall–Kier alpha value is -3.42. The lowest BCUT2D eigenvalue weighted by Gasteiger charge is -2.14. The van der Waals surface area contributed by atoms with Gasteiger partial charge in [-0.3, -0.25) is 9.59 Å². The number of methoxy groups -OCH3 is 4. The van der Waals surface area contributed by atoms with E-state index in [4.69, 9.17) is 23.7 Å². The number of para-hydroxylation sites is 2. The smallest absolute Gasteiger partial charge is 0.306 e. The summed E-state index contributed by atoms with van der Waals surface area (Å²) in [4.78, 5) is 24.0. The van der Waals surface area contributed by atoms with Crippen LogP contribution in [0.1, 0.15) is 12.0 Å². The maximum atomic E-state index is 12.0. The molecule has 0 heterocycles. The lowest BCUT2D eigenvalue weighted by Crippen LogP contribution is -2.21. The molecule has 0 aliphatic rings. The molecule has 29 heavy (non-hydrogen) atoms. The first-order chi connectivity index (χ1) is 14.0. The molecule has 2 aromatic rings. The van der Waals surface area contributed by atoms with E-state index in [0.29, 0.717) is 35.1 Å². The molecule has 156 valence electrons. The lowest BCUT2D eigenvalue weighted by atomic mass is 10.1. The van der Waals surface area contributed by atoms with Crippen LogP contribution in [0.3, 0.4) is 0 Å². The van der Waals surface area contributed by atoms with Crippen LogP contribution in [0.5, 0.6) is 23.0 Å². The Balaban J connectivity index is 1.87. The number of hydrogen-bond donors (Lipinski definition) is 1. The molecule has 0 aromatic heterocycles. The first kappa shape index (κ1) is 21.9.